The minimum absolute atomic E-state index is 0. The van der Waals surface area contributed by atoms with E-state index < -0.39 is 17.7 Å². The predicted octanol–water partition coefficient (Wildman–Crippen LogP) is 1.18. The fraction of sp³-hybridized carbons (Fsp3) is 0.300. The zero-order chi connectivity index (χ0) is 13.3. The molecule has 1 rings (SSSR count). The maximum Gasteiger partial charge on any atom is 1.00 e. The van der Waals surface area contributed by atoms with Crippen molar-refractivity contribution >= 4 is 17.3 Å². The van der Waals surface area contributed by atoms with Crippen LogP contribution in [0.4, 0.5) is 22.0 Å². The normalized spacial score (nSPS) is 11.7. The molecule has 0 aliphatic carbocycles. The van der Waals surface area contributed by atoms with Gasteiger partial charge in [-0.05, 0) is 36.5 Å². The Morgan fingerprint density at radius 1 is 1.11 bits per heavy atom. The molecule has 1 nitrogen and oxygen atoms in total. The molecule has 0 N–H and O–H groups in total. The van der Waals surface area contributed by atoms with Crippen LogP contribution in [0.5, 0.6) is 5.75 Å². The van der Waals surface area contributed by atoms with Crippen molar-refractivity contribution < 1.29 is 57.7 Å². The molecule has 0 aromatic heterocycles. The van der Waals surface area contributed by atoms with Crippen LogP contribution in [-0.2, 0) is 5.92 Å². The molecule has 0 fully saturated rings. The largest absolute Gasteiger partial charge is 1.00 e. The molecule has 0 saturated heterocycles. The maximum atomic E-state index is 12.9. The van der Waals surface area contributed by atoms with E-state index in [1.807, 2.05) is 0 Å². The molecule has 0 atom stereocenters. The van der Waals surface area contributed by atoms with Crippen molar-refractivity contribution in [3.63, 3.8) is 0 Å². The average molecular weight is 294 g/mol. The molecule has 0 aliphatic heterocycles. The zero-order valence-electron chi connectivity index (χ0n) is 10.5. The van der Waals surface area contributed by atoms with E-state index in [1.54, 1.807) is 0 Å². The SMILES string of the molecule is CC(=S)Oc1ccc(C(F)(F)C(F)(F)F)cc1.[H-].[Na+]. The Morgan fingerprint density at radius 2 is 1.56 bits per heavy atom. The van der Waals surface area contributed by atoms with Gasteiger partial charge in [0.25, 0.3) is 0 Å². The minimum atomic E-state index is -5.62. The number of hydrogen-bond acceptors (Lipinski definition) is 2. The number of halogens is 5. The second kappa shape index (κ2) is 6.27. The molecule has 96 valence electrons. The van der Waals surface area contributed by atoms with Crippen LogP contribution in [0.15, 0.2) is 24.3 Å². The quantitative estimate of drug-likeness (QED) is 0.460. The summed E-state index contributed by atoms with van der Waals surface area (Å²) in [5.41, 5.74) is -1.14. The van der Waals surface area contributed by atoms with Gasteiger partial charge < -0.3 is 6.16 Å². The first kappa shape index (κ1) is 17.8. The number of rotatable bonds is 2. The van der Waals surface area contributed by atoms with Crippen LogP contribution in [0.2, 0.25) is 0 Å². The third-order valence-corrected chi connectivity index (χ3v) is 1.92. The summed E-state index contributed by atoms with van der Waals surface area (Å²) < 4.78 is 66.7. The predicted molar refractivity (Wildman–Crippen MR) is 56.4 cm³/mol. The maximum absolute atomic E-state index is 12.9. The molecule has 18 heavy (non-hydrogen) atoms. The van der Waals surface area contributed by atoms with Gasteiger partial charge in [-0.15, -0.1) is 0 Å². The first-order valence-corrected chi connectivity index (χ1v) is 4.79. The van der Waals surface area contributed by atoms with Crippen molar-refractivity contribution in [3.8, 4) is 5.75 Å². The summed E-state index contributed by atoms with van der Waals surface area (Å²) in [7, 11) is 0. The summed E-state index contributed by atoms with van der Waals surface area (Å²) in [5, 5.41) is 0.139. The van der Waals surface area contributed by atoms with E-state index in [0.717, 1.165) is 12.1 Å². The first-order chi connectivity index (χ1) is 7.64. The van der Waals surface area contributed by atoms with Crippen LogP contribution in [0.1, 0.15) is 13.9 Å². The van der Waals surface area contributed by atoms with Gasteiger partial charge in [0, 0.05) is 12.5 Å². The molecular weight excluding hydrogens is 286 g/mol. The molecule has 0 heterocycles. The smallest absolute Gasteiger partial charge is 1.00 e. The molecule has 1 aromatic carbocycles. The second-order valence-corrected chi connectivity index (χ2v) is 3.77. The van der Waals surface area contributed by atoms with E-state index in [2.05, 4.69) is 12.2 Å². The number of ether oxygens (including phenoxy) is 1. The molecule has 0 saturated carbocycles. The van der Waals surface area contributed by atoms with Gasteiger partial charge in [0.2, 0.25) is 0 Å². The van der Waals surface area contributed by atoms with E-state index in [0.29, 0.717) is 12.1 Å². The third-order valence-electron chi connectivity index (χ3n) is 1.83. The van der Waals surface area contributed by atoms with Crippen LogP contribution < -0.4 is 34.3 Å². The number of thiocarbonyl (C=S) groups is 1. The summed E-state index contributed by atoms with van der Waals surface area (Å²) in [6.45, 7) is 1.45. The first-order valence-electron chi connectivity index (χ1n) is 4.38. The Hall–Kier alpha value is -0.240. The van der Waals surface area contributed by atoms with E-state index in [9.17, 15) is 22.0 Å². The Bertz CT molecular complexity index is 421. The van der Waals surface area contributed by atoms with Gasteiger partial charge in [0.15, 0.2) is 5.05 Å². The van der Waals surface area contributed by atoms with Crippen molar-refractivity contribution in [3.05, 3.63) is 29.8 Å². The van der Waals surface area contributed by atoms with Crippen LogP contribution in [0, 0.1) is 0 Å². The number of alkyl halides is 5. The Kier molecular flexibility index (Phi) is 6.19. The molecule has 0 amide bonds. The van der Waals surface area contributed by atoms with E-state index >= 15 is 0 Å². The van der Waals surface area contributed by atoms with Crippen LogP contribution in [-0.4, -0.2) is 11.2 Å². The molecule has 1 aromatic rings. The standard InChI is InChI=1S/C10H7F5OS.Na.H/c1-6(17)16-8-4-2-7(3-5-8)9(11,12)10(13,14)15;;/h2-5H,1H3;;/q;+1;-1. The molecule has 0 aliphatic rings. The van der Waals surface area contributed by atoms with Gasteiger partial charge in [0.05, 0.1) is 0 Å². The van der Waals surface area contributed by atoms with Gasteiger partial charge in [0.1, 0.15) is 5.75 Å². The van der Waals surface area contributed by atoms with Gasteiger partial charge in [-0.25, -0.2) is 0 Å². The van der Waals surface area contributed by atoms with Crippen LogP contribution >= 0.6 is 12.2 Å². The monoisotopic (exact) mass is 294 g/mol. The van der Waals surface area contributed by atoms with Crippen molar-refractivity contribution in [2.75, 3.05) is 0 Å². The second-order valence-electron chi connectivity index (χ2n) is 3.19. The van der Waals surface area contributed by atoms with Crippen LogP contribution in [0.3, 0.4) is 0 Å². The molecule has 0 unspecified atom stereocenters. The van der Waals surface area contributed by atoms with Gasteiger partial charge in [-0.1, -0.05) is 0 Å². The van der Waals surface area contributed by atoms with Crippen molar-refractivity contribution in [1.29, 1.82) is 0 Å². The Balaban J connectivity index is 0. The van der Waals surface area contributed by atoms with Crippen molar-refractivity contribution in [1.82, 2.24) is 0 Å². The molecule has 0 spiro atoms. The summed E-state index contributed by atoms with van der Waals surface area (Å²) in [6.07, 6.45) is -5.62. The molecular formula is C10H8F5NaOS. The minimum Gasteiger partial charge on any atom is -1.00 e. The summed E-state index contributed by atoms with van der Waals surface area (Å²) >= 11 is 4.59. The fourth-order valence-corrected chi connectivity index (χ4v) is 1.16. The Morgan fingerprint density at radius 3 is 1.89 bits per heavy atom. The van der Waals surface area contributed by atoms with E-state index in [-0.39, 0.29) is 41.8 Å². The number of benzene rings is 1. The Labute approximate surface area is 129 Å². The molecule has 0 radical (unpaired) electrons. The number of hydrogen-bond donors (Lipinski definition) is 0. The zero-order valence-corrected chi connectivity index (χ0v) is 12.3. The average Bonchev–Trinajstić information content (AvgIpc) is 2.15. The summed E-state index contributed by atoms with van der Waals surface area (Å²) in [5.74, 6) is -4.77. The van der Waals surface area contributed by atoms with E-state index in [4.69, 9.17) is 4.74 Å². The van der Waals surface area contributed by atoms with Gasteiger partial charge in [-0.3, -0.25) is 0 Å². The fourth-order valence-electron chi connectivity index (χ4n) is 1.06. The van der Waals surface area contributed by atoms with Gasteiger partial charge in [-0.2, -0.15) is 22.0 Å². The summed E-state index contributed by atoms with van der Waals surface area (Å²) in [6, 6.07) is 3.32. The van der Waals surface area contributed by atoms with E-state index in [1.165, 1.54) is 6.92 Å². The van der Waals surface area contributed by atoms with Crippen molar-refractivity contribution in [2.24, 2.45) is 0 Å². The topological polar surface area (TPSA) is 9.23 Å². The molecule has 0 bridgehead atoms. The van der Waals surface area contributed by atoms with Gasteiger partial charge >= 0.3 is 41.7 Å². The van der Waals surface area contributed by atoms with Crippen LogP contribution in [0.25, 0.3) is 0 Å². The molecule has 8 heteroatoms. The third kappa shape index (κ3) is 4.15. The van der Waals surface area contributed by atoms with Crippen molar-refractivity contribution in [2.45, 2.75) is 19.0 Å². The summed E-state index contributed by atoms with van der Waals surface area (Å²) in [4.78, 5) is 0.